The molecular weight excluding hydrogens is 374 g/mol. The Morgan fingerprint density at radius 3 is 2.47 bits per heavy atom. The largest absolute Gasteiger partial charge is 0.497 e. The SMILES string of the molecule is COc1cccc(Cn2cnc3c4ccccc4n(Cc4ccccc4)c3c2=O)c1. The normalized spacial score (nSPS) is 11.2. The molecule has 0 radical (unpaired) electrons. The first-order valence-electron chi connectivity index (χ1n) is 9.88. The van der Waals surface area contributed by atoms with Gasteiger partial charge in [-0.15, -0.1) is 0 Å². The number of hydrogen-bond acceptors (Lipinski definition) is 3. The van der Waals surface area contributed by atoms with Gasteiger partial charge in [0.2, 0.25) is 0 Å². The molecule has 0 saturated carbocycles. The van der Waals surface area contributed by atoms with Gasteiger partial charge in [0.15, 0.2) is 0 Å². The van der Waals surface area contributed by atoms with Crippen LogP contribution in [0.3, 0.4) is 0 Å². The number of rotatable bonds is 5. The molecule has 30 heavy (non-hydrogen) atoms. The van der Waals surface area contributed by atoms with Gasteiger partial charge in [0.1, 0.15) is 16.8 Å². The third-order valence-corrected chi connectivity index (χ3v) is 5.40. The number of nitrogens with zero attached hydrogens (tertiary/aromatic N) is 3. The molecule has 0 atom stereocenters. The van der Waals surface area contributed by atoms with E-state index >= 15 is 0 Å². The van der Waals surface area contributed by atoms with E-state index in [4.69, 9.17) is 4.74 Å². The van der Waals surface area contributed by atoms with Crippen LogP contribution in [0.1, 0.15) is 11.1 Å². The second-order valence-corrected chi connectivity index (χ2v) is 7.32. The molecule has 2 heterocycles. The number of benzene rings is 3. The molecule has 0 aliphatic carbocycles. The van der Waals surface area contributed by atoms with E-state index in [0.717, 1.165) is 33.3 Å². The second-order valence-electron chi connectivity index (χ2n) is 7.32. The quantitative estimate of drug-likeness (QED) is 0.442. The lowest BCUT2D eigenvalue weighted by Gasteiger charge is -2.10. The van der Waals surface area contributed by atoms with Gasteiger partial charge in [0.25, 0.3) is 5.56 Å². The first-order chi connectivity index (χ1) is 14.7. The highest BCUT2D eigenvalue weighted by Gasteiger charge is 2.16. The third-order valence-electron chi connectivity index (χ3n) is 5.40. The van der Waals surface area contributed by atoms with E-state index < -0.39 is 0 Å². The van der Waals surface area contributed by atoms with Crippen LogP contribution in [-0.4, -0.2) is 21.2 Å². The minimum atomic E-state index is -0.0463. The van der Waals surface area contributed by atoms with Crippen molar-refractivity contribution in [3.63, 3.8) is 0 Å². The predicted octanol–water partition coefficient (Wildman–Crippen LogP) is 4.46. The fraction of sp³-hybridized carbons (Fsp3) is 0.120. The van der Waals surface area contributed by atoms with Crippen LogP contribution in [0.15, 0.2) is 90.0 Å². The van der Waals surface area contributed by atoms with Crippen LogP contribution < -0.4 is 10.3 Å². The molecule has 0 spiro atoms. The summed E-state index contributed by atoms with van der Waals surface area (Å²) in [6, 6.07) is 26.0. The monoisotopic (exact) mass is 395 g/mol. The predicted molar refractivity (Wildman–Crippen MR) is 119 cm³/mol. The Bertz CT molecular complexity index is 1400. The maximum absolute atomic E-state index is 13.5. The molecule has 5 heteroatoms. The van der Waals surface area contributed by atoms with Gasteiger partial charge < -0.3 is 9.30 Å². The number of methoxy groups -OCH3 is 1. The molecule has 0 bridgehead atoms. The first kappa shape index (κ1) is 18.2. The van der Waals surface area contributed by atoms with Crippen LogP contribution in [-0.2, 0) is 13.1 Å². The molecule has 0 saturated heterocycles. The number of fused-ring (bicyclic) bond motifs is 3. The molecular formula is C25H21N3O2. The number of aromatic nitrogens is 3. The lowest BCUT2D eigenvalue weighted by atomic mass is 10.2. The topological polar surface area (TPSA) is 49.0 Å². The van der Waals surface area contributed by atoms with Crippen LogP contribution in [0.25, 0.3) is 21.9 Å². The van der Waals surface area contributed by atoms with Crippen molar-refractivity contribution in [3.05, 3.63) is 107 Å². The van der Waals surface area contributed by atoms with Crippen molar-refractivity contribution < 1.29 is 4.74 Å². The molecule has 0 aliphatic rings. The van der Waals surface area contributed by atoms with Gasteiger partial charge in [0, 0.05) is 11.9 Å². The fourth-order valence-electron chi connectivity index (χ4n) is 3.96. The summed E-state index contributed by atoms with van der Waals surface area (Å²) in [5.74, 6) is 0.771. The number of para-hydroxylation sites is 1. The van der Waals surface area contributed by atoms with Crippen LogP contribution in [0.2, 0.25) is 0 Å². The van der Waals surface area contributed by atoms with Crippen molar-refractivity contribution >= 4 is 21.9 Å². The molecule has 5 rings (SSSR count). The van der Waals surface area contributed by atoms with Crippen molar-refractivity contribution in [3.8, 4) is 5.75 Å². The van der Waals surface area contributed by atoms with Crippen molar-refractivity contribution in [2.45, 2.75) is 13.1 Å². The van der Waals surface area contributed by atoms with Gasteiger partial charge in [-0.25, -0.2) is 4.98 Å². The summed E-state index contributed by atoms with van der Waals surface area (Å²) < 4.78 is 9.06. The number of ether oxygens (including phenoxy) is 1. The molecule has 0 fully saturated rings. The van der Waals surface area contributed by atoms with Gasteiger partial charge in [0.05, 0.1) is 25.5 Å². The molecule has 3 aromatic carbocycles. The highest BCUT2D eigenvalue weighted by atomic mass is 16.5. The van der Waals surface area contributed by atoms with Crippen molar-refractivity contribution in [2.75, 3.05) is 7.11 Å². The highest BCUT2D eigenvalue weighted by Crippen LogP contribution is 2.26. The highest BCUT2D eigenvalue weighted by molar-refractivity contribution is 6.05. The summed E-state index contributed by atoms with van der Waals surface area (Å²) in [5.41, 5.74) is 4.47. The number of hydrogen-bond donors (Lipinski definition) is 0. The van der Waals surface area contributed by atoms with Crippen LogP contribution in [0.4, 0.5) is 0 Å². The fourth-order valence-corrected chi connectivity index (χ4v) is 3.96. The molecule has 2 aromatic heterocycles. The maximum Gasteiger partial charge on any atom is 0.278 e. The van der Waals surface area contributed by atoms with Gasteiger partial charge in [-0.05, 0) is 29.3 Å². The molecule has 0 unspecified atom stereocenters. The summed E-state index contributed by atoms with van der Waals surface area (Å²) in [7, 11) is 1.64. The Hall–Kier alpha value is -3.86. The van der Waals surface area contributed by atoms with Crippen molar-refractivity contribution in [1.29, 1.82) is 0 Å². The molecule has 5 aromatic rings. The second kappa shape index (κ2) is 7.52. The summed E-state index contributed by atoms with van der Waals surface area (Å²) in [6.45, 7) is 1.05. The Morgan fingerprint density at radius 2 is 1.63 bits per heavy atom. The van der Waals surface area contributed by atoms with E-state index in [1.54, 1.807) is 18.0 Å². The summed E-state index contributed by atoms with van der Waals surface area (Å²) in [5, 5.41) is 0.995. The lowest BCUT2D eigenvalue weighted by molar-refractivity contribution is 0.414. The van der Waals surface area contributed by atoms with Crippen LogP contribution in [0.5, 0.6) is 5.75 Å². The third kappa shape index (κ3) is 3.14. The van der Waals surface area contributed by atoms with Crippen LogP contribution in [0, 0.1) is 0 Å². The van der Waals surface area contributed by atoms with E-state index in [9.17, 15) is 4.79 Å². The summed E-state index contributed by atoms with van der Waals surface area (Å²) in [6.07, 6.45) is 1.64. The minimum absolute atomic E-state index is 0.0463. The zero-order valence-electron chi connectivity index (χ0n) is 16.7. The summed E-state index contributed by atoms with van der Waals surface area (Å²) in [4.78, 5) is 18.2. The smallest absolute Gasteiger partial charge is 0.278 e. The zero-order valence-corrected chi connectivity index (χ0v) is 16.7. The first-order valence-corrected chi connectivity index (χ1v) is 9.88. The van der Waals surface area contributed by atoms with E-state index in [1.807, 2.05) is 66.7 Å². The Labute approximate surface area is 173 Å². The van der Waals surface area contributed by atoms with E-state index in [-0.39, 0.29) is 5.56 Å². The van der Waals surface area contributed by atoms with Crippen molar-refractivity contribution in [2.24, 2.45) is 0 Å². The van der Waals surface area contributed by atoms with E-state index in [1.165, 1.54) is 0 Å². The average molecular weight is 395 g/mol. The van der Waals surface area contributed by atoms with Gasteiger partial charge in [-0.1, -0.05) is 60.7 Å². The van der Waals surface area contributed by atoms with Gasteiger partial charge in [-0.3, -0.25) is 9.36 Å². The molecule has 0 N–H and O–H groups in total. The Balaban J connectivity index is 1.69. The molecule has 148 valence electrons. The van der Waals surface area contributed by atoms with E-state index in [2.05, 4.69) is 21.7 Å². The zero-order chi connectivity index (χ0) is 20.5. The van der Waals surface area contributed by atoms with Gasteiger partial charge >= 0.3 is 0 Å². The molecule has 0 amide bonds. The lowest BCUT2D eigenvalue weighted by Crippen LogP contribution is -2.23. The summed E-state index contributed by atoms with van der Waals surface area (Å²) >= 11 is 0. The van der Waals surface area contributed by atoms with Crippen molar-refractivity contribution in [1.82, 2.24) is 14.1 Å². The Morgan fingerprint density at radius 1 is 0.867 bits per heavy atom. The average Bonchev–Trinajstić information content (AvgIpc) is 3.11. The Kier molecular flexibility index (Phi) is 4.56. The molecule has 0 aliphatic heterocycles. The van der Waals surface area contributed by atoms with Gasteiger partial charge in [-0.2, -0.15) is 0 Å². The van der Waals surface area contributed by atoms with Crippen LogP contribution >= 0.6 is 0 Å². The maximum atomic E-state index is 13.5. The molecule has 5 nitrogen and oxygen atoms in total. The minimum Gasteiger partial charge on any atom is -0.497 e. The standard InChI is InChI=1S/C25H21N3O2/c1-30-20-11-7-10-19(14-20)15-27-17-26-23-21-12-5-6-13-22(21)28(24(23)25(27)29)16-18-8-3-2-4-9-18/h2-14,17H,15-16H2,1H3. The van der Waals surface area contributed by atoms with E-state index in [0.29, 0.717) is 18.6 Å².